The van der Waals surface area contributed by atoms with E-state index in [1.54, 1.807) is 19.1 Å². The maximum Gasteiger partial charge on any atom is 0.230 e. The van der Waals surface area contributed by atoms with Gasteiger partial charge in [-0.3, -0.25) is 4.79 Å². The van der Waals surface area contributed by atoms with Crippen molar-refractivity contribution in [1.29, 1.82) is 0 Å². The first-order chi connectivity index (χ1) is 9.69. The highest BCUT2D eigenvalue weighted by atomic mass is 35.5. The number of carbonyl (C=O) groups excluding carboxylic acids is 1. The lowest BCUT2D eigenvalue weighted by Gasteiger charge is -2.15. The summed E-state index contributed by atoms with van der Waals surface area (Å²) in [5.74, 6) is 2.05. The van der Waals surface area contributed by atoms with Crippen LogP contribution in [0.4, 0.5) is 0 Å². The zero-order valence-electron chi connectivity index (χ0n) is 11.7. The molecule has 1 aromatic rings. The first-order valence-corrected chi connectivity index (χ1v) is 7.08. The van der Waals surface area contributed by atoms with Gasteiger partial charge < -0.3 is 14.4 Å². The van der Waals surface area contributed by atoms with Gasteiger partial charge in [0.25, 0.3) is 0 Å². The lowest BCUT2D eigenvalue weighted by atomic mass is 10.0. The first-order valence-electron chi connectivity index (χ1n) is 6.50. The number of ether oxygens (including phenoxy) is 2. The molecule has 108 valence electrons. The van der Waals surface area contributed by atoms with Crippen molar-refractivity contribution in [3.05, 3.63) is 29.5 Å². The SMILES string of the molecule is COc1cc2c(cc1OC)CC(=O)N(CCC[ClH+])C=C2. The second kappa shape index (κ2) is 6.66. The number of benzene rings is 1. The van der Waals surface area contributed by atoms with E-state index < -0.39 is 0 Å². The molecular weight excluding hydrogens is 278 g/mol. The molecule has 1 aromatic carbocycles. The number of fused-ring (bicyclic) bond motifs is 1. The number of halogens is 1. The number of nitrogens with zero attached hydrogens (tertiary/aromatic N) is 1. The summed E-state index contributed by atoms with van der Waals surface area (Å²) < 4.78 is 10.6. The molecule has 0 radical (unpaired) electrons. The van der Waals surface area contributed by atoms with E-state index in [1.165, 1.54) is 0 Å². The van der Waals surface area contributed by atoms with Gasteiger partial charge in [0.05, 0.1) is 20.6 Å². The lowest BCUT2D eigenvalue weighted by Crippen LogP contribution is -2.27. The average molecular weight is 297 g/mol. The van der Waals surface area contributed by atoms with Crippen molar-refractivity contribution in [2.75, 3.05) is 26.6 Å². The van der Waals surface area contributed by atoms with Gasteiger partial charge in [0, 0.05) is 19.2 Å². The van der Waals surface area contributed by atoms with Crippen LogP contribution in [0, 0.1) is 11.6 Å². The normalized spacial score (nSPS) is 13.9. The minimum Gasteiger partial charge on any atom is -0.493 e. The van der Waals surface area contributed by atoms with Crippen LogP contribution in [0.15, 0.2) is 18.3 Å². The van der Waals surface area contributed by atoms with Gasteiger partial charge in [0.2, 0.25) is 5.91 Å². The fourth-order valence-corrected chi connectivity index (χ4v) is 2.33. The summed E-state index contributed by atoms with van der Waals surface area (Å²) in [5.41, 5.74) is 1.93. The second-order valence-corrected chi connectivity index (χ2v) is 4.95. The zero-order chi connectivity index (χ0) is 14.5. The molecule has 0 atom stereocenters. The Bertz CT molecular complexity index is 528. The van der Waals surface area contributed by atoms with E-state index in [1.807, 2.05) is 24.4 Å². The Labute approximate surface area is 123 Å². The van der Waals surface area contributed by atoms with Gasteiger partial charge in [-0.2, -0.15) is 0 Å². The minimum atomic E-state index is 0.0793. The fourth-order valence-electron chi connectivity index (χ4n) is 2.20. The van der Waals surface area contributed by atoms with Gasteiger partial charge in [0.15, 0.2) is 17.4 Å². The van der Waals surface area contributed by atoms with Crippen molar-refractivity contribution in [2.24, 2.45) is 0 Å². The molecular formula is C15H19ClNO3+. The number of carbonyl (C=O) groups is 1. The molecule has 1 heterocycles. The number of alkyl halides is 1. The molecule has 0 N–H and O–H groups in total. The molecule has 1 aliphatic heterocycles. The van der Waals surface area contributed by atoms with Crippen LogP contribution < -0.4 is 9.47 Å². The molecule has 0 saturated carbocycles. The number of hydrogen-bond donors (Lipinski definition) is 0. The summed E-state index contributed by atoms with van der Waals surface area (Å²) in [7, 11) is 3.19. The molecule has 0 fully saturated rings. The van der Waals surface area contributed by atoms with Gasteiger partial charge in [-0.15, -0.1) is 0 Å². The van der Waals surface area contributed by atoms with E-state index in [2.05, 4.69) is 0 Å². The van der Waals surface area contributed by atoms with Crippen molar-refractivity contribution in [3.63, 3.8) is 0 Å². The van der Waals surface area contributed by atoms with E-state index in [4.69, 9.17) is 21.1 Å². The number of rotatable bonds is 5. The highest BCUT2D eigenvalue weighted by Gasteiger charge is 2.19. The Hall–Kier alpha value is -1.68. The van der Waals surface area contributed by atoms with E-state index in [0.29, 0.717) is 30.3 Å². The van der Waals surface area contributed by atoms with Crippen LogP contribution in [0.3, 0.4) is 0 Å². The third-order valence-corrected chi connectivity index (χ3v) is 3.57. The van der Waals surface area contributed by atoms with Crippen LogP contribution in [0.25, 0.3) is 6.08 Å². The van der Waals surface area contributed by atoms with Crippen molar-refractivity contribution in [2.45, 2.75) is 12.8 Å². The van der Waals surface area contributed by atoms with E-state index in [0.717, 1.165) is 17.5 Å². The summed E-state index contributed by atoms with van der Waals surface area (Å²) in [6, 6.07) is 3.77. The molecule has 0 aliphatic carbocycles. The fraction of sp³-hybridized carbons (Fsp3) is 0.400. The Balaban J connectivity index is 2.31. The van der Waals surface area contributed by atoms with Crippen molar-refractivity contribution >= 4 is 12.0 Å². The third-order valence-electron chi connectivity index (χ3n) is 3.28. The molecule has 0 aromatic heterocycles. The molecule has 0 unspecified atom stereocenters. The second-order valence-electron chi connectivity index (χ2n) is 4.54. The number of amides is 1. The quantitative estimate of drug-likeness (QED) is 0.777. The number of hydrogen-bond acceptors (Lipinski definition) is 3. The third kappa shape index (κ3) is 3.07. The Morgan fingerprint density at radius 2 is 1.95 bits per heavy atom. The van der Waals surface area contributed by atoms with Crippen LogP contribution in [-0.2, 0) is 11.2 Å². The van der Waals surface area contributed by atoms with Crippen LogP contribution in [-0.4, -0.2) is 37.5 Å². The molecule has 1 aliphatic rings. The largest absolute Gasteiger partial charge is 0.493 e. The number of methoxy groups -OCH3 is 2. The highest BCUT2D eigenvalue weighted by Crippen LogP contribution is 2.32. The molecule has 0 bridgehead atoms. The zero-order valence-corrected chi connectivity index (χ0v) is 12.5. The highest BCUT2D eigenvalue weighted by molar-refractivity contribution is 5.84. The van der Waals surface area contributed by atoms with Gasteiger partial charge in [-0.05, 0) is 29.3 Å². The smallest absolute Gasteiger partial charge is 0.230 e. The Morgan fingerprint density at radius 3 is 2.60 bits per heavy atom. The monoisotopic (exact) mass is 296 g/mol. The van der Waals surface area contributed by atoms with Crippen molar-refractivity contribution in [1.82, 2.24) is 4.90 Å². The van der Waals surface area contributed by atoms with Crippen molar-refractivity contribution < 1.29 is 25.9 Å². The van der Waals surface area contributed by atoms with Crippen LogP contribution in [0.5, 0.6) is 11.5 Å². The predicted octanol–water partition coefficient (Wildman–Crippen LogP) is 1.73. The summed E-state index contributed by atoms with van der Waals surface area (Å²) in [6.07, 6.45) is 4.95. The standard InChI is InChI=1S/C15H19ClNO3/c1-19-13-8-11-4-7-17(6-3-5-16)15(18)10-12(11)9-14(13)20-2/h4,7-9,16H,3,5-6,10H2,1-2H3/q+1. The first kappa shape index (κ1) is 14.7. The van der Waals surface area contributed by atoms with Gasteiger partial charge in [-0.1, -0.05) is 0 Å². The summed E-state index contributed by atoms with van der Waals surface area (Å²) in [6.45, 7) is 0.668. The molecule has 20 heavy (non-hydrogen) atoms. The summed E-state index contributed by atoms with van der Waals surface area (Å²) >= 11 is 4.93. The van der Waals surface area contributed by atoms with Gasteiger partial charge in [-0.25, -0.2) is 0 Å². The topological polar surface area (TPSA) is 38.8 Å². The molecule has 0 spiro atoms. The minimum absolute atomic E-state index is 0.0793. The lowest BCUT2D eigenvalue weighted by molar-refractivity contribution is -0.368. The average Bonchev–Trinajstić information content (AvgIpc) is 2.61. The van der Waals surface area contributed by atoms with Crippen molar-refractivity contribution in [3.8, 4) is 11.5 Å². The maximum atomic E-state index is 12.2. The van der Waals surface area contributed by atoms with E-state index >= 15 is 0 Å². The van der Waals surface area contributed by atoms with E-state index in [-0.39, 0.29) is 5.91 Å². The molecule has 4 nitrogen and oxygen atoms in total. The summed E-state index contributed by atoms with van der Waals surface area (Å²) in [5, 5.41) is 0. The summed E-state index contributed by atoms with van der Waals surface area (Å²) in [4.78, 5) is 13.9. The van der Waals surface area contributed by atoms with Gasteiger partial charge >= 0.3 is 0 Å². The Kier molecular flexibility index (Phi) is 4.90. The van der Waals surface area contributed by atoms with Crippen LogP contribution in [0.2, 0.25) is 0 Å². The van der Waals surface area contributed by atoms with E-state index in [9.17, 15) is 4.79 Å². The Morgan fingerprint density at radius 1 is 1.25 bits per heavy atom. The predicted molar refractivity (Wildman–Crippen MR) is 74.9 cm³/mol. The van der Waals surface area contributed by atoms with Crippen LogP contribution in [0.1, 0.15) is 17.5 Å². The molecule has 5 heteroatoms. The van der Waals surface area contributed by atoms with Crippen LogP contribution >= 0.6 is 0 Å². The molecule has 1 amide bonds. The molecule has 2 rings (SSSR count). The molecule has 0 saturated heterocycles. The maximum absolute atomic E-state index is 12.2. The van der Waals surface area contributed by atoms with Gasteiger partial charge in [0.1, 0.15) is 11.6 Å².